The molecule has 0 bridgehead atoms. The van der Waals surface area contributed by atoms with Crippen molar-refractivity contribution < 1.29 is 14.2 Å². The maximum atomic E-state index is 5.31. The maximum Gasteiger partial charge on any atom is 0.118 e. The van der Waals surface area contributed by atoms with Crippen LogP contribution < -0.4 is 14.2 Å². The van der Waals surface area contributed by atoms with E-state index in [0.717, 1.165) is 57.1 Å². The molecular formula is C26H26N2O3S. The number of hydrogen-bond donors (Lipinski definition) is 1. The van der Waals surface area contributed by atoms with E-state index in [1.807, 2.05) is 72.4 Å². The molecule has 0 saturated carbocycles. The summed E-state index contributed by atoms with van der Waals surface area (Å²) in [6, 6.07) is 24.2. The van der Waals surface area contributed by atoms with Gasteiger partial charge in [0.15, 0.2) is 0 Å². The number of thioether (sulfide) groups is 1. The Hall–Kier alpha value is -3.38. The molecule has 0 fully saturated rings. The van der Waals surface area contributed by atoms with Gasteiger partial charge in [-0.1, -0.05) is 12.1 Å². The largest absolute Gasteiger partial charge is 0.497 e. The number of aromatic nitrogens is 2. The second kappa shape index (κ2) is 10.3. The number of nitrogens with zero attached hydrogens (tertiary/aromatic N) is 1. The van der Waals surface area contributed by atoms with Gasteiger partial charge >= 0.3 is 0 Å². The summed E-state index contributed by atoms with van der Waals surface area (Å²) >= 11 is 1.82. The molecule has 0 amide bonds. The minimum absolute atomic E-state index is 0.783. The molecule has 0 unspecified atom stereocenters. The predicted octanol–water partition coefficient (Wildman–Crippen LogP) is 6.20. The van der Waals surface area contributed by atoms with Crippen LogP contribution in [-0.2, 0) is 11.5 Å². The zero-order valence-electron chi connectivity index (χ0n) is 18.4. The van der Waals surface area contributed by atoms with E-state index in [1.165, 1.54) is 5.56 Å². The van der Waals surface area contributed by atoms with Gasteiger partial charge in [0, 0.05) is 16.9 Å². The Balaban J connectivity index is 1.57. The van der Waals surface area contributed by atoms with Gasteiger partial charge in [0.25, 0.3) is 0 Å². The number of H-pyrrole nitrogens is 1. The summed E-state index contributed by atoms with van der Waals surface area (Å²) in [6.07, 6.45) is 0. The minimum atomic E-state index is 0.783. The van der Waals surface area contributed by atoms with Gasteiger partial charge in [0.1, 0.15) is 23.1 Å². The smallest absolute Gasteiger partial charge is 0.118 e. The van der Waals surface area contributed by atoms with Gasteiger partial charge in [-0.05, 0) is 66.2 Å². The molecule has 0 aliphatic carbocycles. The first kappa shape index (κ1) is 21.8. The van der Waals surface area contributed by atoms with Crippen molar-refractivity contribution in [2.45, 2.75) is 11.5 Å². The summed E-state index contributed by atoms with van der Waals surface area (Å²) in [4.78, 5) is 8.49. The van der Waals surface area contributed by atoms with Crippen LogP contribution in [0.5, 0.6) is 17.2 Å². The molecule has 0 atom stereocenters. The zero-order valence-corrected chi connectivity index (χ0v) is 19.2. The topological polar surface area (TPSA) is 56.4 Å². The molecular weight excluding hydrogens is 420 g/mol. The Morgan fingerprint density at radius 1 is 0.656 bits per heavy atom. The molecule has 1 N–H and O–H groups in total. The Morgan fingerprint density at radius 3 is 1.69 bits per heavy atom. The predicted molar refractivity (Wildman–Crippen MR) is 131 cm³/mol. The summed E-state index contributed by atoms with van der Waals surface area (Å²) in [7, 11) is 5.03. The van der Waals surface area contributed by atoms with Gasteiger partial charge in [-0.15, -0.1) is 11.8 Å². The van der Waals surface area contributed by atoms with Crippen LogP contribution in [0.25, 0.3) is 22.5 Å². The summed E-state index contributed by atoms with van der Waals surface area (Å²) in [5.41, 5.74) is 5.29. The van der Waals surface area contributed by atoms with E-state index < -0.39 is 0 Å². The van der Waals surface area contributed by atoms with Gasteiger partial charge in [-0.3, -0.25) is 0 Å². The molecule has 1 aromatic heterocycles. The highest BCUT2D eigenvalue weighted by atomic mass is 32.2. The van der Waals surface area contributed by atoms with E-state index in [4.69, 9.17) is 19.2 Å². The molecule has 5 nitrogen and oxygen atoms in total. The average molecular weight is 447 g/mol. The van der Waals surface area contributed by atoms with E-state index in [1.54, 1.807) is 21.3 Å². The van der Waals surface area contributed by atoms with Crippen LogP contribution in [0, 0.1) is 0 Å². The number of aromatic amines is 1. The Labute approximate surface area is 192 Å². The van der Waals surface area contributed by atoms with Gasteiger partial charge in [0.2, 0.25) is 0 Å². The van der Waals surface area contributed by atoms with Crippen LogP contribution >= 0.6 is 11.8 Å². The summed E-state index contributed by atoms with van der Waals surface area (Å²) in [5, 5.41) is 0. The SMILES string of the molecule is COc1ccc(CSCc2nc(-c3ccc(OC)cc3)c(-c3ccc(OC)cc3)[nH]2)cc1. The molecule has 0 saturated heterocycles. The third kappa shape index (κ3) is 5.08. The molecule has 4 rings (SSSR count). The van der Waals surface area contributed by atoms with Gasteiger partial charge in [-0.2, -0.15) is 0 Å². The van der Waals surface area contributed by atoms with Gasteiger partial charge in [-0.25, -0.2) is 4.98 Å². The standard InChI is InChI=1S/C26H26N2O3S/c1-29-21-10-4-18(5-11-21)16-32-17-24-27-25(19-6-12-22(30-2)13-7-19)26(28-24)20-8-14-23(31-3)15-9-20/h4-15H,16-17H2,1-3H3,(H,27,28). The van der Waals surface area contributed by atoms with Crippen LogP contribution in [0.15, 0.2) is 72.8 Å². The molecule has 32 heavy (non-hydrogen) atoms. The average Bonchev–Trinajstić information content (AvgIpc) is 3.28. The summed E-state index contributed by atoms with van der Waals surface area (Å²) in [6.45, 7) is 0. The molecule has 0 spiro atoms. The van der Waals surface area contributed by atoms with Crippen molar-refractivity contribution in [2.75, 3.05) is 21.3 Å². The Morgan fingerprint density at radius 2 is 1.16 bits per heavy atom. The molecule has 0 aliphatic rings. The molecule has 164 valence electrons. The molecule has 6 heteroatoms. The Bertz CT molecular complexity index is 1070. The summed E-state index contributed by atoms with van der Waals surface area (Å²) in [5.74, 6) is 5.16. The third-order valence-corrected chi connectivity index (χ3v) is 6.18. The normalized spacial score (nSPS) is 10.7. The monoisotopic (exact) mass is 446 g/mol. The second-order valence-corrected chi connectivity index (χ2v) is 8.19. The van der Waals surface area contributed by atoms with E-state index in [-0.39, 0.29) is 0 Å². The van der Waals surface area contributed by atoms with E-state index in [0.29, 0.717) is 0 Å². The van der Waals surface area contributed by atoms with Gasteiger partial charge < -0.3 is 19.2 Å². The lowest BCUT2D eigenvalue weighted by atomic mass is 10.0. The summed E-state index contributed by atoms with van der Waals surface area (Å²) < 4.78 is 15.9. The zero-order chi connectivity index (χ0) is 22.3. The number of benzene rings is 3. The van der Waals surface area contributed by atoms with Crippen LogP contribution in [0.2, 0.25) is 0 Å². The van der Waals surface area contributed by atoms with Crippen molar-refractivity contribution in [3.8, 4) is 39.8 Å². The second-order valence-electron chi connectivity index (χ2n) is 7.20. The van der Waals surface area contributed by atoms with E-state index in [2.05, 4.69) is 17.1 Å². The van der Waals surface area contributed by atoms with Crippen LogP contribution in [0.3, 0.4) is 0 Å². The first-order valence-corrected chi connectivity index (χ1v) is 11.4. The first-order chi connectivity index (χ1) is 15.7. The number of nitrogens with one attached hydrogen (secondary N) is 1. The van der Waals surface area contributed by atoms with Crippen molar-refractivity contribution in [3.63, 3.8) is 0 Å². The Kier molecular flexibility index (Phi) is 7.02. The minimum Gasteiger partial charge on any atom is -0.497 e. The van der Waals surface area contributed by atoms with Crippen LogP contribution in [-0.4, -0.2) is 31.3 Å². The molecule has 3 aromatic carbocycles. The van der Waals surface area contributed by atoms with Crippen molar-refractivity contribution in [1.82, 2.24) is 9.97 Å². The van der Waals surface area contributed by atoms with Crippen molar-refractivity contribution >= 4 is 11.8 Å². The van der Waals surface area contributed by atoms with Crippen molar-refractivity contribution in [1.29, 1.82) is 0 Å². The fourth-order valence-electron chi connectivity index (χ4n) is 3.40. The first-order valence-electron chi connectivity index (χ1n) is 10.3. The highest BCUT2D eigenvalue weighted by molar-refractivity contribution is 7.97. The molecule has 0 radical (unpaired) electrons. The van der Waals surface area contributed by atoms with Crippen molar-refractivity contribution in [2.24, 2.45) is 0 Å². The van der Waals surface area contributed by atoms with E-state index >= 15 is 0 Å². The molecule has 0 aliphatic heterocycles. The number of hydrogen-bond acceptors (Lipinski definition) is 5. The number of ether oxygens (including phenoxy) is 3. The fraction of sp³-hybridized carbons (Fsp3) is 0.192. The van der Waals surface area contributed by atoms with Gasteiger partial charge in [0.05, 0.1) is 38.5 Å². The van der Waals surface area contributed by atoms with Crippen LogP contribution in [0.4, 0.5) is 0 Å². The number of imidazole rings is 1. The lowest BCUT2D eigenvalue weighted by molar-refractivity contribution is 0.414. The molecule has 4 aromatic rings. The maximum absolute atomic E-state index is 5.31. The third-order valence-electron chi connectivity index (χ3n) is 5.16. The van der Waals surface area contributed by atoms with E-state index in [9.17, 15) is 0 Å². The quantitative estimate of drug-likeness (QED) is 0.332. The lowest BCUT2D eigenvalue weighted by Crippen LogP contribution is -1.87. The molecule has 1 heterocycles. The number of methoxy groups -OCH3 is 3. The highest BCUT2D eigenvalue weighted by Gasteiger charge is 2.15. The highest BCUT2D eigenvalue weighted by Crippen LogP contribution is 2.33. The van der Waals surface area contributed by atoms with Crippen molar-refractivity contribution in [3.05, 3.63) is 84.2 Å². The lowest BCUT2D eigenvalue weighted by Gasteiger charge is -2.06. The fourth-order valence-corrected chi connectivity index (χ4v) is 4.26. The number of rotatable bonds is 9. The van der Waals surface area contributed by atoms with Crippen LogP contribution in [0.1, 0.15) is 11.4 Å².